The molecule has 2 aromatic heterocycles. The van der Waals surface area contributed by atoms with E-state index < -0.39 is 0 Å². The van der Waals surface area contributed by atoms with Gasteiger partial charge >= 0.3 is 0 Å². The van der Waals surface area contributed by atoms with E-state index in [1.165, 1.54) is 17.7 Å². The molecule has 5 heteroatoms. The second kappa shape index (κ2) is 5.43. The van der Waals surface area contributed by atoms with Crippen LogP contribution in [-0.2, 0) is 13.6 Å². The van der Waals surface area contributed by atoms with E-state index in [0.29, 0.717) is 12.0 Å². The summed E-state index contributed by atoms with van der Waals surface area (Å²) in [6, 6.07) is 4.72. The van der Waals surface area contributed by atoms with Gasteiger partial charge in [-0.15, -0.1) is 21.5 Å². The van der Waals surface area contributed by atoms with Gasteiger partial charge in [0.25, 0.3) is 0 Å². The van der Waals surface area contributed by atoms with Crippen LogP contribution in [0.4, 0.5) is 0 Å². The molecule has 1 aliphatic carbocycles. The van der Waals surface area contributed by atoms with Crippen molar-refractivity contribution in [1.82, 2.24) is 20.1 Å². The number of nitrogens with one attached hydrogen (secondary N) is 1. The second-order valence-electron chi connectivity index (χ2n) is 5.16. The maximum atomic E-state index is 4.32. The molecule has 2 aromatic rings. The lowest BCUT2D eigenvalue weighted by Crippen LogP contribution is -2.21. The Hall–Kier alpha value is -1.20. The monoisotopic (exact) mass is 276 g/mol. The topological polar surface area (TPSA) is 42.7 Å². The zero-order chi connectivity index (χ0) is 13.2. The number of hydrogen-bond donors (Lipinski definition) is 1. The van der Waals surface area contributed by atoms with Gasteiger partial charge in [0.15, 0.2) is 0 Å². The van der Waals surface area contributed by atoms with E-state index in [9.17, 15) is 0 Å². The highest BCUT2D eigenvalue weighted by Crippen LogP contribution is 2.38. The third-order valence-electron chi connectivity index (χ3n) is 3.74. The summed E-state index contributed by atoms with van der Waals surface area (Å²) in [5.41, 5.74) is 0. The maximum Gasteiger partial charge on any atom is 0.146 e. The number of nitrogens with zero attached hydrogens (tertiary/aromatic N) is 3. The molecule has 19 heavy (non-hydrogen) atoms. The van der Waals surface area contributed by atoms with Gasteiger partial charge in [0, 0.05) is 23.9 Å². The van der Waals surface area contributed by atoms with Crippen molar-refractivity contribution in [3.05, 3.63) is 34.0 Å². The van der Waals surface area contributed by atoms with Crippen LogP contribution in [0.2, 0.25) is 0 Å². The Morgan fingerprint density at radius 2 is 2.32 bits per heavy atom. The van der Waals surface area contributed by atoms with Crippen LogP contribution in [0.1, 0.15) is 54.7 Å². The Bertz CT molecular complexity index is 528. The van der Waals surface area contributed by atoms with Crippen molar-refractivity contribution in [1.29, 1.82) is 0 Å². The minimum absolute atomic E-state index is 0.418. The van der Waals surface area contributed by atoms with E-state index in [1.54, 1.807) is 0 Å². The Morgan fingerprint density at radius 3 is 2.95 bits per heavy atom. The van der Waals surface area contributed by atoms with Gasteiger partial charge < -0.3 is 9.88 Å². The zero-order valence-corrected chi connectivity index (χ0v) is 12.3. The van der Waals surface area contributed by atoms with Gasteiger partial charge in [-0.05, 0) is 30.7 Å². The van der Waals surface area contributed by atoms with Crippen LogP contribution in [0.15, 0.2) is 17.5 Å². The Labute approximate surface area is 117 Å². The summed E-state index contributed by atoms with van der Waals surface area (Å²) in [5.74, 6) is 2.85. The molecule has 0 aliphatic heterocycles. The molecule has 2 heterocycles. The summed E-state index contributed by atoms with van der Waals surface area (Å²) in [5, 5.41) is 14.4. The first-order valence-corrected chi connectivity index (χ1v) is 7.82. The van der Waals surface area contributed by atoms with Crippen LogP contribution < -0.4 is 5.32 Å². The SMILES string of the molecule is CC[C@@H](NCc1nnc(C2CC2)n1C)c1cccs1. The van der Waals surface area contributed by atoms with E-state index in [1.807, 2.05) is 11.3 Å². The molecule has 0 bridgehead atoms. The molecule has 0 spiro atoms. The summed E-state index contributed by atoms with van der Waals surface area (Å²) >= 11 is 1.81. The van der Waals surface area contributed by atoms with Gasteiger partial charge in [0.2, 0.25) is 0 Å². The molecule has 4 nitrogen and oxygen atoms in total. The Kier molecular flexibility index (Phi) is 3.66. The quantitative estimate of drug-likeness (QED) is 0.882. The first kappa shape index (κ1) is 12.8. The molecule has 0 radical (unpaired) electrons. The van der Waals surface area contributed by atoms with Gasteiger partial charge in [-0.1, -0.05) is 13.0 Å². The number of thiophene rings is 1. The van der Waals surface area contributed by atoms with Crippen molar-refractivity contribution in [2.45, 2.75) is 44.7 Å². The van der Waals surface area contributed by atoms with Gasteiger partial charge in [0.05, 0.1) is 6.54 Å². The largest absolute Gasteiger partial charge is 0.317 e. The van der Waals surface area contributed by atoms with Crippen molar-refractivity contribution in [2.24, 2.45) is 7.05 Å². The van der Waals surface area contributed by atoms with Crippen LogP contribution in [0.5, 0.6) is 0 Å². The maximum absolute atomic E-state index is 4.32. The average Bonchev–Trinajstić information content (AvgIpc) is 2.98. The first-order valence-electron chi connectivity index (χ1n) is 6.94. The molecule has 0 aromatic carbocycles. The number of hydrogen-bond acceptors (Lipinski definition) is 4. The molecule has 1 aliphatic rings. The first-order chi connectivity index (χ1) is 9.29. The van der Waals surface area contributed by atoms with Crippen molar-refractivity contribution in [3.8, 4) is 0 Å². The Balaban J connectivity index is 1.65. The van der Waals surface area contributed by atoms with Crippen molar-refractivity contribution >= 4 is 11.3 Å². The van der Waals surface area contributed by atoms with Gasteiger partial charge in [-0.2, -0.15) is 0 Å². The normalized spacial score (nSPS) is 16.7. The predicted molar refractivity (Wildman–Crippen MR) is 77.2 cm³/mol. The van der Waals surface area contributed by atoms with E-state index in [-0.39, 0.29) is 0 Å². The van der Waals surface area contributed by atoms with E-state index in [4.69, 9.17) is 0 Å². The fourth-order valence-corrected chi connectivity index (χ4v) is 3.26. The van der Waals surface area contributed by atoms with E-state index in [2.05, 4.69) is 51.6 Å². The molecule has 0 unspecified atom stereocenters. The summed E-state index contributed by atoms with van der Waals surface area (Å²) in [6.45, 7) is 3.00. The van der Waals surface area contributed by atoms with Gasteiger partial charge in [-0.3, -0.25) is 0 Å². The van der Waals surface area contributed by atoms with Crippen LogP contribution in [-0.4, -0.2) is 14.8 Å². The van der Waals surface area contributed by atoms with Crippen molar-refractivity contribution in [3.63, 3.8) is 0 Å². The molecule has 1 fully saturated rings. The molecule has 102 valence electrons. The lowest BCUT2D eigenvalue weighted by atomic mass is 10.2. The van der Waals surface area contributed by atoms with Gasteiger partial charge in [-0.25, -0.2) is 0 Å². The second-order valence-corrected chi connectivity index (χ2v) is 6.14. The fraction of sp³-hybridized carbons (Fsp3) is 0.571. The molecular weight excluding hydrogens is 256 g/mol. The average molecular weight is 276 g/mol. The molecule has 1 atom stereocenters. The van der Waals surface area contributed by atoms with Crippen LogP contribution in [0.25, 0.3) is 0 Å². The van der Waals surface area contributed by atoms with E-state index in [0.717, 1.165) is 24.6 Å². The lowest BCUT2D eigenvalue weighted by Gasteiger charge is -2.15. The smallest absolute Gasteiger partial charge is 0.146 e. The van der Waals surface area contributed by atoms with Crippen LogP contribution in [0.3, 0.4) is 0 Å². The minimum Gasteiger partial charge on any atom is -0.317 e. The molecule has 1 saturated carbocycles. The molecule has 0 saturated heterocycles. The highest BCUT2D eigenvalue weighted by molar-refractivity contribution is 7.10. The molecule has 0 amide bonds. The number of aromatic nitrogens is 3. The summed E-state index contributed by atoms with van der Waals surface area (Å²) in [7, 11) is 2.08. The fourth-order valence-electron chi connectivity index (χ4n) is 2.38. The molecule has 3 rings (SSSR count). The zero-order valence-electron chi connectivity index (χ0n) is 11.5. The summed E-state index contributed by atoms with van der Waals surface area (Å²) in [6.07, 6.45) is 3.63. The van der Waals surface area contributed by atoms with Crippen LogP contribution in [0, 0.1) is 0 Å². The number of rotatable bonds is 6. The Morgan fingerprint density at radius 1 is 1.47 bits per heavy atom. The minimum atomic E-state index is 0.418. The van der Waals surface area contributed by atoms with Crippen molar-refractivity contribution in [2.75, 3.05) is 0 Å². The summed E-state index contributed by atoms with van der Waals surface area (Å²) in [4.78, 5) is 1.40. The summed E-state index contributed by atoms with van der Waals surface area (Å²) < 4.78 is 2.16. The third-order valence-corrected chi connectivity index (χ3v) is 4.73. The highest BCUT2D eigenvalue weighted by atomic mass is 32.1. The third kappa shape index (κ3) is 2.72. The standard InChI is InChI=1S/C14H20N4S/c1-3-11(12-5-4-8-19-12)15-9-13-16-17-14(18(13)2)10-6-7-10/h4-5,8,10-11,15H,3,6-7,9H2,1-2H3/t11-/m1/s1. The van der Waals surface area contributed by atoms with E-state index >= 15 is 0 Å². The lowest BCUT2D eigenvalue weighted by molar-refractivity contribution is 0.507. The van der Waals surface area contributed by atoms with Crippen LogP contribution >= 0.6 is 11.3 Å². The van der Waals surface area contributed by atoms with Gasteiger partial charge in [0.1, 0.15) is 11.6 Å². The molecule has 1 N–H and O–H groups in total. The molecular formula is C14H20N4S. The van der Waals surface area contributed by atoms with Crippen molar-refractivity contribution < 1.29 is 0 Å². The highest BCUT2D eigenvalue weighted by Gasteiger charge is 2.29. The predicted octanol–water partition coefficient (Wildman–Crippen LogP) is 2.99.